The van der Waals surface area contributed by atoms with Crippen LogP contribution in [0.25, 0.3) is 0 Å². The Hall–Kier alpha value is -2.48. The Balaban J connectivity index is 2.79. The van der Waals surface area contributed by atoms with Gasteiger partial charge in [-0.05, 0) is 19.1 Å². The molecule has 5 heteroatoms. The minimum atomic E-state index is -0.560. The summed E-state index contributed by atoms with van der Waals surface area (Å²) in [6, 6.07) is 8.11. The molecule has 0 saturated heterocycles. The van der Waals surface area contributed by atoms with Crippen LogP contribution in [0.3, 0.4) is 0 Å². The van der Waals surface area contributed by atoms with Gasteiger partial charge in [0, 0.05) is 12.7 Å². The molecule has 1 aromatic carbocycles. The molecular weight excluding hydrogens is 218 g/mol. The van der Waals surface area contributed by atoms with Gasteiger partial charge in [0.1, 0.15) is 17.4 Å². The van der Waals surface area contributed by atoms with Gasteiger partial charge >= 0.3 is 0 Å². The van der Waals surface area contributed by atoms with Crippen molar-refractivity contribution in [2.24, 2.45) is 0 Å². The van der Waals surface area contributed by atoms with Crippen LogP contribution in [0.15, 0.2) is 36.0 Å². The highest BCUT2D eigenvalue weighted by molar-refractivity contribution is 6.07. The van der Waals surface area contributed by atoms with Crippen molar-refractivity contribution in [1.82, 2.24) is 5.32 Å². The molecule has 0 aliphatic carbocycles. The summed E-state index contributed by atoms with van der Waals surface area (Å²) in [5.41, 5.74) is 0.227. The monoisotopic (exact) mass is 231 g/mol. The Morgan fingerprint density at radius 2 is 2.24 bits per heavy atom. The van der Waals surface area contributed by atoms with Gasteiger partial charge < -0.3 is 15.7 Å². The summed E-state index contributed by atoms with van der Waals surface area (Å²) in [4.78, 5) is 11.6. The summed E-state index contributed by atoms with van der Waals surface area (Å²) in [5.74, 6) is -0.600. The number of aromatic hydroxyl groups is 1. The molecule has 0 atom stereocenters. The average molecular weight is 231 g/mol. The Labute approximate surface area is 99.4 Å². The van der Waals surface area contributed by atoms with Gasteiger partial charge in [0.05, 0.1) is 5.69 Å². The Morgan fingerprint density at radius 1 is 1.53 bits per heavy atom. The predicted molar refractivity (Wildman–Crippen MR) is 64.1 cm³/mol. The van der Waals surface area contributed by atoms with E-state index in [4.69, 9.17) is 5.26 Å². The van der Waals surface area contributed by atoms with Crippen LogP contribution < -0.4 is 10.6 Å². The van der Waals surface area contributed by atoms with Gasteiger partial charge in [0.25, 0.3) is 5.91 Å². The van der Waals surface area contributed by atoms with Crippen molar-refractivity contribution < 1.29 is 9.90 Å². The van der Waals surface area contributed by atoms with Gasteiger partial charge in [0.2, 0.25) is 0 Å². The summed E-state index contributed by atoms with van der Waals surface area (Å²) in [7, 11) is 0. The molecule has 0 bridgehead atoms. The van der Waals surface area contributed by atoms with Crippen LogP contribution in [0.1, 0.15) is 6.92 Å². The maximum atomic E-state index is 11.6. The number of hydrogen-bond donors (Lipinski definition) is 3. The smallest absolute Gasteiger partial charge is 0.267 e. The lowest BCUT2D eigenvalue weighted by atomic mass is 10.2. The zero-order chi connectivity index (χ0) is 12.7. The number of amides is 1. The van der Waals surface area contributed by atoms with Gasteiger partial charge in [-0.1, -0.05) is 12.1 Å². The summed E-state index contributed by atoms with van der Waals surface area (Å²) in [6.45, 7) is 2.47. The number of nitriles is 1. The van der Waals surface area contributed by atoms with Crippen LogP contribution >= 0.6 is 0 Å². The molecule has 1 aromatic rings. The first kappa shape index (κ1) is 12.6. The second-order valence-electron chi connectivity index (χ2n) is 3.20. The second-order valence-corrected chi connectivity index (χ2v) is 3.20. The lowest BCUT2D eigenvalue weighted by molar-refractivity contribution is -0.112. The normalized spacial score (nSPS) is 10.5. The molecule has 3 N–H and O–H groups in total. The van der Waals surface area contributed by atoms with Crippen LogP contribution in [0.2, 0.25) is 0 Å². The average Bonchev–Trinajstić information content (AvgIpc) is 2.33. The highest BCUT2D eigenvalue weighted by atomic mass is 16.3. The van der Waals surface area contributed by atoms with Gasteiger partial charge in [-0.15, -0.1) is 0 Å². The fraction of sp³-hybridized carbons (Fsp3) is 0.167. The fourth-order valence-corrected chi connectivity index (χ4v) is 1.12. The van der Waals surface area contributed by atoms with Crippen molar-refractivity contribution in [3.63, 3.8) is 0 Å². The maximum Gasteiger partial charge on any atom is 0.267 e. The molecule has 0 saturated carbocycles. The molecule has 88 valence electrons. The molecule has 0 aliphatic rings. The van der Waals surface area contributed by atoms with E-state index in [2.05, 4.69) is 10.6 Å². The van der Waals surface area contributed by atoms with Crippen LogP contribution in [-0.2, 0) is 4.79 Å². The van der Waals surface area contributed by atoms with Crippen molar-refractivity contribution in [2.75, 3.05) is 11.9 Å². The van der Waals surface area contributed by atoms with E-state index in [1.807, 2.05) is 6.92 Å². The number of nitrogens with one attached hydrogen (secondary N) is 2. The number of carbonyl (C=O) groups is 1. The molecule has 0 aliphatic heterocycles. The first-order valence-electron chi connectivity index (χ1n) is 5.12. The van der Waals surface area contributed by atoms with Gasteiger partial charge in [-0.25, -0.2) is 0 Å². The van der Waals surface area contributed by atoms with Crippen molar-refractivity contribution in [3.8, 4) is 11.8 Å². The van der Waals surface area contributed by atoms with Crippen LogP contribution in [0.5, 0.6) is 5.75 Å². The quantitative estimate of drug-likeness (QED) is 0.415. The molecule has 0 fully saturated rings. The standard InChI is InChI=1S/C12H13N3O2/c1-2-14-8-9(7-13)12(17)15-10-5-3-4-6-11(10)16/h3-6,8,14,16H,2H2,1H3,(H,15,17)/b9-8-. The fourth-order valence-electron chi connectivity index (χ4n) is 1.12. The van der Waals surface area contributed by atoms with Crippen molar-refractivity contribution in [3.05, 3.63) is 36.0 Å². The third-order valence-corrected chi connectivity index (χ3v) is 1.97. The van der Waals surface area contributed by atoms with E-state index >= 15 is 0 Å². The van der Waals surface area contributed by atoms with Gasteiger partial charge in [-0.3, -0.25) is 4.79 Å². The Kier molecular flexibility index (Phi) is 4.58. The van der Waals surface area contributed by atoms with E-state index in [-0.39, 0.29) is 17.0 Å². The molecule has 0 aromatic heterocycles. The topological polar surface area (TPSA) is 85.2 Å². The van der Waals surface area contributed by atoms with Gasteiger partial charge in [-0.2, -0.15) is 5.26 Å². The molecule has 0 unspecified atom stereocenters. The largest absolute Gasteiger partial charge is 0.506 e. The summed E-state index contributed by atoms with van der Waals surface area (Å²) in [6.07, 6.45) is 1.34. The lowest BCUT2D eigenvalue weighted by Gasteiger charge is -2.06. The molecule has 1 rings (SSSR count). The summed E-state index contributed by atoms with van der Waals surface area (Å²) < 4.78 is 0. The molecule has 1 amide bonds. The second kappa shape index (κ2) is 6.18. The van der Waals surface area contributed by atoms with Crippen LogP contribution in [0, 0.1) is 11.3 Å². The molecule has 5 nitrogen and oxygen atoms in total. The summed E-state index contributed by atoms with van der Waals surface area (Å²) >= 11 is 0. The first-order valence-corrected chi connectivity index (χ1v) is 5.12. The zero-order valence-corrected chi connectivity index (χ0v) is 9.40. The molecule has 0 radical (unpaired) electrons. The molecular formula is C12H13N3O2. The van der Waals surface area contributed by atoms with E-state index < -0.39 is 5.91 Å². The number of phenolic OH excluding ortho intramolecular Hbond substituents is 1. The van der Waals surface area contributed by atoms with E-state index in [1.165, 1.54) is 12.3 Å². The highest BCUT2D eigenvalue weighted by Crippen LogP contribution is 2.21. The first-order chi connectivity index (χ1) is 8.19. The Morgan fingerprint density at radius 3 is 2.82 bits per heavy atom. The number of phenols is 1. The summed E-state index contributed by atoms with van der Waals surface area (Å²) in [5, 5.41) is 23.5. The number of anilines is 1. The molecule has 17 heavy (non-hydrogen) atoms. The third-order valence-electron chi connectivity index (χ3n) is 1.97. The van der Waals surface area contributed by atoms with Crippen LogP contribution in [0.4, 0.5) is 5.69 Å². The van der Waals surface area contributed by atoms with E-state index in [0.29, 0.717) is 6.54 Å². The highest BCUT2D eigenvalue weighted by Gasteiger charge is 2.10. The van der Waals surface area contributed by atoms with Gasteiger partial charge in [0.15, 0.2) is 0 Å². The number of para-hydroxylation sites is 2. The maximum absolute atomic E-state index is 11.6. The third kappa shape index (κ3) is 3.54. The minimum Gasteiger partial charge on any atom is -0.506 e. The number of benzene rings is 1. The van der Waals surface area contributed by atoms with Crippen LogP contribution in [-0.4, -0.2) is 17.6 Å². The van der Waals surface area contributed by atoms with Crippen molar-refractivity contribution in [1.29, 1.82) is 5.26 Å². The zero-order valence-electron chi connectivity index (χ0n) is 9.40. The molecule has 0 spiro atoms. The Bertz CT molecular complexity index is 475. The number of nitrogens with zero attached hydrogens (tertiary/aromatic N) is 1. The van der Waals surface area contributed by atoms with E-state index in [1.54, 1.807) is 24.3 Å². The van der Waals surface area contributed by atoms with Crippen molar-refractivity contribution in [2.45, 2.75) is 6.92 Å². The minimum absolute atomic E-state index is 0.0402. The SMILES string of the molecule is CCN/C=C(/C#N)C(=O)Nc1ccccc1O. The number of hydrogen-bond acceptors (Lipinski definition) is 4. The van der Waals surface area contributed by atoms with E-state index in [0.717, 1.165) is 0 Å². The van der Waals surface area contributed by atoms with E-state index in [9.17, 15) is 9.90 Å². The lowest BCUT2D eigenvalue weighted by Crippen LogP contribution is -2.16. The van der Waals surface area contributed by atoms with Crippen molar-refractivity contribution >= 4 is 11.6 Å². The predicted octanol–water partition coefficient (Wildman–Crippen LogP) is 1.35. The number of carbonyl (C=O) groups excluding carboxylic acids is 1. The number of rotatable bonds is 4. The molecule has 0 heterocycles.